The van der Waals surface area contributed by atoms with Crippen LogP contribution in [0.1, 0.15) is 6.92 Å². The second kappa shape index (κ2) is 6.76. The molecule has 0 aliphatic heterocycles. The van der Waals surface area contributed by atoms with Gasteiger partial charge in [0.2, 0.25) is 6.29 Å². The zero-order valence-corrected chi connectivity index (χ0v) is 9.87. The van der Waals surface area contributed by atoms with Gasteiger partial charge in [0, 0.05) is 11.1 Å². The maximum Gasteiger partial charge on any atom is 0.231 e. The van der Waals surface area contributed by atoms with Crippen molar-refractivity contribution in [2.45, 2.75) is 13.2 Å². The second-order valence-corrected chi connectivity index (χ2v) is 3.66. The first kappa shape index (κ1) is 12.4. The fourth-order valence-corrected chi connectivity index (χ4v) is 1.38. The van der Waals surface area contributed by atoms with Crippen molar-refractivity contribution in [3.63, 3.8) is 0 Å². The Labute approximate surface area is 96.2 Å². The van der Waals surface area contributed by atoms with E-state index in [1.807, 2.05) is 12.1 Å². The van der Waals surface area contributed by atoms with Gasteiger partial charge in [-0.25, -0.2) is 0 Å². The van der Waals surface area contributed by atoms with E-state index in [4.69, 9.17) is 9.47 Å². The first-order chi connectivity index (χ1) is 7.26. The standard InChI is InChI=1S/C10H12BrFO3/c1-2-13-10(15-12)7-14-9-5-3-4-8(11)6-9/h3-6,10H,2,7H2,1H3. The van der Waals surface area contributed by atoms with E-state index in [0.29, 0.717) is 12.4 Å². The molecule has 0 spiro atoms. The fraction of sp³-hybridized carbons (Fsp3) is 0.400. The van der Waals surface area contributed by atoms with E-state index in [-0.39, 0.29) is 6.61 Å². The molecule has 1 unspecified atom stereocenters. The summed E-state index contributed by atoms with van der Waals surface area (Å²) in [5.41, 5.74) is 0. The van der Waals surface area contributed by atoms with Gasteiger partial charge in [-0.3, -0.25) is 0 Å². The van der Waals surface area contributed by atoms with Gasteiger partial charge in [-0.1, -0.05) is 22.0 Å². The molecule has 1 aromatic rings. The van der Waals surface area contributed by atoms with Crippen LogP contribution in [0, 0.1) is 0 Å². The van der Waals surface area contributed by atoms with E-state index in [1.165, 1.54) is 0 Å². The summed E-state index contributed by atoms with van der Waals surface area (Å²) < 4.78 is 23.0. The summed E-state index contributed by atoms with van der Waals surface area (Å²) in [6.45, 7) is 2.14. The molecule has 5 heteroatoms. The van der Waals surface area contributed by atoms with Crippen LogP contribution in [0.2, 0.25) is 0 Å². The number of benzene rings is 1. The monoisotopic (exact) mass is 278 g/mol. The largest absolute Gasteiger partial charge is 0.488 e. The highest BCUT2D eigenvalue weighted by Crippen LogP contribution is 2.18. The second-order valence-electron chi connectivity index (χ2n) is 2.74. The van der Waals surface area contributed by atoms with Crippen molar-refractivity contribution >= 4 is 15.9 Å². The molecule has 1 aromatic carbocycles. The maximum atomic E-state index is 11.9. The third-order valence-electron chi connectivity index (χ3n) is 1.63. The Morgan fingerprint density at radius 2 is 2.27 bits per heavy atom. The fourth-order valence-electron chi connectivity index (χ4n) is 1.01. The topological polar surface area (TPSA) is 27.7 Å². The van der Waals surface area contributed by atoms with Gasteiger partial charge < -0.3 is 9.47 Å². The van der Waals surface area contributed by atoms with E-state index < -0.39 is 6.29 Å². The summed E-state index contributed by atoms with van der Waals surface area (Å²) in [5, 5.41) is 0. The Morgan fingerprint density at radius 3 is 2.87 bits per heavy atom. The summed E-state index contributed by atoms with van der Waals surface area (Å²) in [4.78, 5) is 3.58. The SMILES string of the molecule is CCOC(COc1cccc(Br)c1)OF. The minimum atomic E-state index is -0.978. The quantitative estimate of drug-likeness (QED) is 0.749. The summed E-state index contributed by atoms with van der Waals surface area (Å²) in [6, 6.07) is 7.25. The molecule has 0 bridgehead atoms. The summed E-state index contributed by atoms with van der Waals surface area (Å²) in [5.74, 6) is 0.631. The maximum absolute atomic E-state index is 11.9. The smallest absolute Gasteiger partial charge is 0.231 e. The van der Waals surface area contributed by atoms with E-state index in [1.54, 1.807) is 19.1 Å². The lowest BCUT2D eigenvalue weighted by Crippen LogP contribution is -2.22. The van der Waals surface area contributed by atoms with Crippen LogP contribution >= 0.6 is 15.9 Å². The molecule has 0 heterocycles. The van der Waals surface area contributed by atoms with Crippen molar-refractivity contribution < 1.29 is 18.9 Å². The van der Waals surface area contributed by atoms with E-state index in [2.05, 4.69) is 20.9 Å². The molecule has 15 heavy (non-hydrogen) atoms. The van der Waals surface area contributed by atoms with Gasteiger partial charge in [0.25, 0.3) is 0 Å². The zero-order valence-electron chi connectivity index (χ0n) is 8.28. The van der Waals surface area contributed by atoms with Crippen LogP contribution in [-0.4, -0.2) is 19.5 Å². The third kappa shape index (κ3) is 4.59. The highest BCUT2D eigenvalue weighted by atomic mass is 79.9. The van der Waals surface area contributed by atoms with Gasteiger partial charge in [0.15, 0.2) is 0 Å². The Balaban J connectivity index is 2.41. The lowest BCUT2D eigenvalue weighted by atomic mass is 10.3. The Hall–Kier alpha value is -0.650. The molecular weight excluding hydrogens is 267 g/mol. The Kier molecular flexibility index (Phi) is 5.60. The molecule has 0 amide bonds. The van der Waals surface area contributed by atoms with E-state index in [9.17, 15) is 4.53 Å². The van der Waals surface area contributed by atoms with Crippen molar-refractivity contribution in [1.29, 1.82) is 0 Å². The first-order valence-electron chi connectivity index (χ1n) is 4.53. The molecule has 0 saturated heterocycles. The number of hydrogen-bond acceptors (Lipinski definition) is 3. The van der Waals surface area contributed by atoms with Gasteiger partial charge in [0.05, 0.1) is 0 Å². The van der Waals surface area contributed by atoms with Gasteiger partial charge in [-0.15, -0.1) is 0 Å². The molecule has 0 fully saturated rings. The predicted octanol–water partition coefficient (Wildman–Crippen LogP) is 3.09. The summed E-state index contributed by atoms with van der Waals surface area (Å²) in [7, 11) is 0. The molecule has 0 aromatic heterocycles. The third-order valence-corrected chi connectivity index (χ3v) is 2.13. The molecule has 1 rings (SSSR count). The molecule has 0 radical (unpaired) electrons. The average Bonchev–Trinajstić information content (AvgIpc) is 2.24. The molecule has 0 aliphatic rings. The summed E-state index contributed by atoms with van der Waals surface area (Å²) in [6.07, 6.45) is -0.978. The molecular formula is C10H12BrFO3. The van der Waals surface area contributed by atoms with Crippen LogP contribution in [0.25, 0.3) is 0 Å². The van der Waals surface area contributed by atoms with Gasteiger partial charge in [-0.2, -0.15) is 4.94 Å². The van der Waals surface area contributed by atoms with Crippen molar-refractivity contribution in [1.82, 2.24) is 0 Å². The highest BCUT2D eigenvalue weighted by Gasteiger charge is 2.10. The lowest BCUT2D eigenvalue weighted by Gasteiger charge is -2.13. The normalized spacial score (nSPS) is 12.5. The first-order valence-corrected chi connectivity index (χ1v) is 5.33. The zero-order chi connectivity index (χ0) is 11.1. The van der Waals surface area contributed by atoms with Crippen LogP contribution in [0.4, 0.5) is 4.53 Å². The number of ether oxygens (including phenoxy) is 2. The van der Waals surface area contributed by atoms with Crippen molar-refractivity contribution in [3.05, 3.63) is 28.7 Å². The number of hydrogen-bond donors (Lipinski definition) is 0. The van der Waals surface area contributed by atoms with Crippen LogP contribution in [0.5, 0.6) is 5.75 Å². The van der Waals surface area contributed by atoms with E-state index >= 15 is 0 Å². The van der Waals surface area contributed by atoms with E-state index in [0.717, 1.165) is 4.47 Å². The van der Waals surface area contributed by atoms with Crippen molar-refractivity contribution in [3.8, 4) is 5.75 Å². The number of rotatable bonds is 6. The molecule has 0 aliphatic carbocycles. The average molecular weight is 279 g/mol. The molecule has 0 saturated carbocycles. The van der Waals surface area contributed by atoms with Crippen molar-refractivity contribution in [2.75, 3.05) is 13.2 Å². The van der Waals surface area contributed by atoms with Gasteiger partial charge in [-0.05, 0) is 29.6 Å². The lowest BCUT2D eigenvalue weighted by molar-refractivity contribution is -0.280. The molecule has 0 N–H and O–H groups in total. The molecule has 84 valence electrons. The Morgan fingerprint density at radius 1 is 1.47 bits per heavy atom. The minimum absolute atomic E-state index is 0.0147. The molecule has 3 nitrogen and oxygen atoms in total. The highest BCUT2D eigenvalue weighted by molar-refractivity contribution is 9.10. The van der Waals surface area contributed by atoms with Crippen LogP contribution in [-0.2, 0) is 9.68 Å². The van der Waals surface area contributed by atoms with Crippen LogP contribution in [0.3, 0.4) is 0 Å². The van der Waals surface area contributed by atoms with Gasteiger partial charge in [0.1, 0.15) is 12.4 Å². The van der Waals surface area contributed by atoms with Crippen LogP contribution in [0.15, 0.2) is 28.7 Å². The number of halogens is 2. The Bertz CT molecular complexity index is 296. The van der Waals surface area contributed by atoms with Gasteiger partial charge >= 0.3 is 0 Å². The predicted molar refractivity (Wildman–Crippen MR) is 57.2 cm³/mol. The van der Waals surface area contributed by atoms with Crippen LogP contribution < -0.4 is 4.74 Å². The summed E-state index contributed by atoms with van der Waals surface area (Å²) >= 11 is 3.30. The minimum Gasteiger partial charge on any atom is -0.488 e. The molecule has 1 atom stereocenters. The van der Waals surface area contributed by atoms with Crippen molar-refractivity contribution in [2.24, 2.45) is 0 Å².